The molecule has 9 heteroatoms. The number of thiazole rings is 1. The first-order valence-electron chi connectivity index (χ1n) is 13.6. The molecule has 5 aromatic rings. The summed E-state index contributed by atoms with van der Waals surface area (Å²) in [5.74, 6) is 0. The van der Waals surface area contributed by atoms with Crippen molar-refractivity contribution in [2.45, 2.75) is 50.8 Å². The molecule has 3 heterocycles. The molecule has 3 unspecified atom stereocenters. The molecule has 2 aromatic heterocycles. The molecule has 3 atom stereocenters. The van der Waals surface area contributed by atoms with E-state index in [0.29, 0.717) is 26.2 Å². The number of ether oxygens (including phenoxy) is 3. The Morgan fingerprint density at radius 1 is 0.927 bits per heavy atom. The van der Waals surface area contributed by atoms with Gasteiger partial charge in [0, 0.05) is 30.5 Å². The molecule has 0 radical (unpaired) electrons. The largest absolute Gasteiger partial charge is 0.374 e. The number of hydrogen-bond donors (Lipinski definition) is 0. The van der Waals surface area contributed by atoms with E-state index >= 15 is 0 Å². The molecular weight excluding hydrogens is 574 g/mol. The van der Waals surface area contributed by atoms with Crippen LogP contribution in [0.2, 0.25) is 5.02 Å². The Balaban J connectivity index is 1.16. The monoisotopic (exact) mass is 603 g/mol. The van der Waals surface area contributed by atoms with Crippen LogP contribution in [0.1, 0.15) is 46.2 Å². The van der Waals surface area contributed by atoms with Gasteiger partial charge in [-0.3, -0.25) is 0 Å². The SMILES string of the molecule is Clc1ccc(C2CC(OCc3ccccc3)CC(COCc3ccccc3)O2)cc1Cc1ncc(-c2nncs2)s1. The summed E-state index contributed by atoms with van der Waals surface area (Å²) in [6, 6.07) is 26.7. The zero-order valence-electron chi connectivity index (χ0n) is 22.4. The minimum absolute atomic E-state index is 0.0480. The lowest BCUT2D eigenvalue weighted by atomic mass is 9.94. The van der Waals surface area contributed by atoms with Crippen LogP contribution in [0.25, 0.3) is 9.88 Å². The van der Waals surface area contributed by atoms with E-state index in [0.717, 1.165) is 55.0 Å². The van der Waals surface area contributed by atoms with E-state index in [1.54, 1.807) is 16.8 Å². The molecular formula is C32H30ClN3O3S2. The Labute approximate surface area is 252 Å². The maximum Gasteiger partial charge on any atom is 0.159 e. The van der Waals surface area contributed by atoms with Crippen LogP contribution < -0.4 is 0 Å². The number of hydrogen-bond acceptors (Lipinski definition) is 8. The van der Waals surface area contributed by atoms with Gasteiger partial charge in [-0.15, -0.1) is 21.5 Å². The van der Waals surface area contributed by atoms with Gasteiger partial charge in [-0.05, 0) is 28.3 Å². The standard InChI is InChI=1S/C32H30ClN3O3S2/c33-28-12-11-24(13-25(28)14-31-34-17-30(41-31)32-36-35-21-40-32)29-16-26(38-19-23-9-5-2-6-10-23)15-27(39-29)20-37-18-22-7-3-1-4-8-22/h1-13,17,21,26-27,29H,14-16,18-20H2. The van der Waals surface area contributed by atoms with Gasteiger partial charge in [-0.2, -0.15) is 0 Å². The molecule has 41 heavy (non-hydrogen) atoms. The minimum Gasteiger partial charge on any atom is -0.374 e. The molecule has 0 N–H and O–H groups in total. The molecule has 0 spiro atoms. The van der Waals surface area contributed by atoms with Crippen LogP contribution in [0.3, 0.4) is 0 Å². The van der Waals surface area contributed by atoms with Crippen LogP contribution >= 0.6 is 34.3 Å². The molecule has 6 rings (SSSR count). The molecule has 1 saturated heterocycles. The van der Waals surface area contributed by atoms with Gasteiger partial charge in [0.05, 0.1) is 48.0 Å². The first kappa shape index (κ1) is 28.2. The quantitative estimate of drug-likeness (QED) is 0.153. The van der Waals surface area contributed by atoms with Crippen LogP contribution in [0.4, 0.5) is 0 Å². The van der Waals surface area contributed by atoms with E-state index in [9.17, 15) is 0 Å². The highest BCUT2D eigenvalue weighted by molar-refractivity contribution is 7.20. The predicted molar refractivity (Wildman–Crippen MR) is 163 cm³/mol. The Hall–Kier alpha value is -2.98. The van der Waals surface area contributed by atoms with Gasteiger partial charge in [-0.25, -0.2) is 4.98 Å². The van der Waals surface area contributed by atoms with Gasteiger partial charge in [-0.1, -0.05) is 95.7 Å². The Kier molecular flexibility index (Phi) is 9.47. The predicted octanol–water partition coefficient (Wildman–Crippen LogP) is 7.93. The summed E-state index contributed by atoms with van der Waals surface area (Å²) in [5, 5.41) is 10.7. The zero-order valence-corrected chi connectivity index (χ0v) is 24.8. The summed E-state index contributed by atoms with van der Waals surface area (Å²) >= 11 is 9.79. The number of rotatable bonds is 11. The normalized spacial score (nSPS) is 18.9. The molecule has 0 bridgehead atoms. The Morgan fingerprint density at radius 3 is 2.46 bits per heavy atom. The van der Waals surface area contributed by atoms with E-state index in [1.807, 2.05) is 48.7 Å². The smallest absolute Gasteiger partial charge is 0.159 e. The van der Waals surface area contributed by atoms with E-state index in [4.69, 9.17) is 25.8 Å². The lowest BCUT2D eigenvalue weighted by Gasteiger charge is -2.36. The fraction of sp³-hybridized carbons (Fsp3) is 0.281. The van der Waals surface area contributed by atoms with Crippen molar-refractivity contribution in [1.82, 2.24) is 15.2 Å². The lowest BCUT2D eigenvalue weighted by molar-refractivity contribution is -0.142. The number of nitrogens with zero attached hydrogens (tertiary/aromatic N) is 3. The minimum atomic E-state index is -0.126. The maximum absolute atomic E-state index is 6.66. The Bertz CT molecular complexity index is 1520. The highest BCUT2D eigenvalue weighted by Gasteiger charge is 2.32. The van der Waals surface area contributed by atoms with E-state index in [2.05, 4.69) is 51.6 Å². The number of aromatic nitrogens is 3. The van der Waals surface area contributed by atoms with Crippen molar-refractivity contribution in [3.8, 4) is 9.88 Å². The summed E-state index contributed by atoms with van der Waals surface area (Å²) in [6.45, 7) is 1.63. The molecule has 6 nitrogen and oxygen atoms in total. The van der Waals surface area contributed by atoms with Crippen molar-refractivity contribution < 1.29 is 14.2 Å². The average molecular weight is 604 g/mol. The zero-order chi connectivity index (χ0) is 27.9. The van der Waals surface area contributed by atoms with Crippen molar-refractivity contribution in [3.63, 3.8) is 0 Å². The number of halogens is 1. The van der Waals surface area contributed by atoms with Crippen molar-refractivity contribution >= 4 is 34.3 Å². The van der Waals surface area contributed by atoms with Crippen molar-refractivity contribution in [2.24, 2.45) is 0 Å². The molecule has 0 aliphatic carbocycles. The molecule has 0 amide bonds. The van der Waals surface area contributed by atoms with Crippen LogP contribution in [0.5, 0.6) is 0 Å². The summed E-state index contributed by atoms with van der Waals surface area (Å²) in [5.41, 5.74) is 6.16. The molecule has 1 aliphatic heterocycles. The third-order valence-corrected chi connectivity index (χ3v) is 9.24. The van der Waals surface area contributed by atoms with Crippen LogP contribution in [0.15, 0.2) is 90.6 Å². The van der Waals surface area contributed by atoms with Crippen LogP contribution in [-0.4, -0.2) is 34.0 Å². The summed E-state index contributed by atoms with van der Waals surface area (Å²) in [7, 11) is 0. The van der Waals surface area contributed by atoms with Crippen molar-refractivity contribution in [3.05, 3.63) is 123 Å². The first-order chi connectivity index (χ1) is 20.2. The van der Waals surface area contributed by atoms with Gasteiger partial charge in [0.15, 0.2) is 5.01 Å². The maximum atomic E-state index is 6.66. The fourth-order valence-electron chi connectivity index (χ4n) is 4.97. The van der Waals surface area contributed by atoms with Gasteiger partial charge in [0.25, 0.3) is 0 Å². The second-order valence-corrected chi connectivity index (χ2v) is 12.4. The van der Waals surface area contributed by atoms with Crippen LogP contribution in [0, 0.1) is 0 Å². The van der Waals surface area contributed by atoms with Crippen molar-refractivity contribution in [1.29, 1.82) is 0 Å². The van der Waals surface area contributed by atoms with Crippen LogP contribution in [-0.2, 0) is 33.8 Å². The van der Waals surface area contributed by atoms with Gasteiger partial charge in [0.2, 0.25) is 0 Å². The second-order valence-electron chi connectivity index (χ2n) is 10.0. The summed E-state index contributed by atoms with van der Waals surface area (Å²) < 4.78 is 19.1. The lowest BCUT2D eigenvalue weighted by Crippen LogP contribution is -2.35. The highest BCUT2D eigenvalue weighted by Crippen LogP contribution is 2.36. The molecule has 1 fully saturated rings. The first-order valence-corrected chi connectivity index (χ1v) is 15.7. The average Bonchev–Trinajstić information content (AvgIpc) is 3.71. The van der Waals surface area contributed by atoms with E-state index < -0.39 is 0 Å². The van der Waals surface area contributed by atoms with E-state index in [1.165, 1.54) is 11.3 Å². The molecule has 0 saturated carbocycles. The molecule has 210 valence electrons. The second kappa shape index (κ2) is 13.8. The molecule has 1 aliphatic rings. The van der Waals surface area contributed by atoms with Gasteiger partial charge < -0.3 is 14.2 Å². The third kappa shape index (κ3) is 7.65. The summed E-state index contributed by atoms with van der Waals surface area (Å²) in [6.07, 6.45) is 3.89. The van der Waals surface area contributed by atoms with E-state index in [-0.39, 0.29) is 18.3 Å². The topological polar surface area (TPSA) is 66.4 Å². The number of benzene rings is 3. The van der Waals surface area contributed by atoms with Gasteiger partial charge >= 0.3 is 0 Å². The van der Waals surface area contributed by atoms with Crippen molar-refractivity contribution in [2.75, 3.05) is 6.61 Å². The fourth-order valence-corrected chi connectivity index (χ4v) is 6.70. The highest BCUT2D eigenvalue weighted by atomic mass is 35.5. The summed E-state index contributed by atoms with van der Waals surface area (Å²) in [4.78, 5) is 5.63. The third-order valence-electron chi connectivity index (χ3n) is 7.01. The Morgan fingerprint density at radius 2 is 1.71 bits per heavy atom. The molecule has 3 aromatic carbocycles. The van der Waals surface area contributed by atoms with Gasteiger partial charge in [0.1, 0.15) is 5.51 Å².